The first-order valence-electron chi connectivity index (χ1n) is 5.33. The quantitative estimate of drug-likeness (QED) is 0.663. The monoisotopic (exact) mass is 257 g/mol. The maximum absolute atomic E-state index is 10.6. The standard InChI is InChI=1S/C13H8ClN3O/c14-11-5-6-15-12-7-17(16-13(11)12)10-3-1-9(8-18)2-4-10/h1-8H. The maximum Gasteiger partial charge on any atom is 0.150 e. The zero-order valence-corrected chi connectivity index (χ0v) is 10.0. The van der Waals surface area contributed by atoms with Crippen LogP contribution in [-0.2, 0) is 0 Å². The van der Waals surface area contributed by atoms with E-state index in [-0.39, 0.29) is 0 Å². The van der Waals surface area contributed by atoms with Gasteiger partial charge in [0.15, 0.2) is 0 Å². The van der Waals surface area contributed by atoms with E-state index in [0.717, 1.165) is 17.5 Å². The maximum atomic E-state index is 10.6. The van der Waals surface area contributed by atoms with Crippen molar-refractivity contribution in [2.45, 2.75) is 0 Å². The highest BCUT2D eigenvalue weighted by atomic mass is 35.5. The van der Waals surface area contributed by atoms with Gasteiger partial charge in [0.1, 0.15) is 17.3 Å². The molecular weight excluding hydrogens is 250 g/mol. The molecule has 0 unspecified atom stereocenters. The molecule has 4 nitrogen and oxygen atoms in total. The molecule has 18 heavy (non-hydrogen) atoms. The third kappa shape index (κ3) is 1.76. The van der Waals surface area contributed by atoms with E-state index in [9.17, 15) is 4.79 Å². The Labute approximate surface area is 108 Å². The number of hydrogen-bond donors (Lipinski definition) is 0. The van der Waals surface area contributed by atoms with Gasteiger partial charge < -0.3 is 0 Å². The summed E-state index contributed by atoms with van der Waals surface area (Å²) >= 11 is 6.04. The van der Waals surface area contributed by atoms with Gasteiger partial charge in [-0.2, -0.15) is 5.10 Å². The molecule has 1 aromatic carbocycles. The first kappa shape index (κ1) is 10.9. The van der Waals surface area contributed by atoms with Crippen molar-refractivity contribution < 1.29 is 4.79 Å². The molecule has 0 radical (unpaired) electrons. The number of carbonyl (C=O) groups is 1. The van der Waals surface area contributed by atoms with Crippen LogP contribution in [0, 0.1) is 0 Å². The lowest BCUT2D eigenvalue weighted by Crippen LogP contribution is -1.94. The van der Waals surface area contributed by atoms with Crippen molar-refractivity contribution in [3.8, 4) is 5.69 Å². The van der Waals surface area contributed by atoms with E-state index in [2.05, 4.69) is 10.1 Å². The number of rotatable bonds is 2. The summed E-state index contributed by atoms with van der Waals surface area (Å²) in [6.45, 7) is 0. The molecule has 0 aliphatic rings. The summed E-state index contributed by atoms with van der Waals surface area (Å²) in [6.07, 6.45) is 4.26. The van der Waals surface area contributed by atoms with Gasteiger partial charge in [-0.05, 0) is 30.3 Å². The number of carbonyl (C=O) groups excluding carboxylic acids is 1. The van der Waals surface area contributed by atoms with Crippen molar-refractivity contribution in [1.82, 2.24) is 14.8 Å². The molecule has 0 atom stereocenters. The summed E-state index contributed by atoms with van der Waals surface area (Å²) in [4.78, 5) is 14.8. The third-order valence-corrected chi connectivity index (χ3v) is 2.95. The van der Waals surface area contributed by atoms with E-state index in [4.69, 9.17) is 11.6 Å². The second-order valence-electron chi connectivity index (χ2n) is 3.81. The zero-order chi connectivity index (χ0) is 12.5. The molecule has 3 aromatic rings. The van der Waals surface area contributed by atoms with E-state index in [1.165, 1.54) is 0 Å². The van der Waals surface area contributed by atoms with Crippen molar-refractivity contribution in [2.24, 2.45) is 0 Å². The molecule has 2 heterocycles. The summed E-state index contributed by atoms with van der Waals surface area (Å²) in [5, 5.41) is 4.94. The van der Waals surface area contributed by atoms with Crippen molar-refractivity contribution in [2.75, 3.05) is 0 Å². The van der Waals surface area contributed by atoms with E-state index in [0.29, 0.717) is 16.1 Å². The van der Waals surface area contributed by atoms with Crippen molar-refractivity contribution >= 4 is 28.9 Å². The Morgan fingerprint density at radius 3 is 2.61 bits per heavy atom. The van der Waals surface area contributed by atoms with Crippen molar-refractivity contribution in [3.63, 3.8) is 0 Å². The van der Waals surface area contributed by atoms with Crippen molar-refractivity contribution in [1.29, 1.82) is 0 Å². The Hall–Kier alpha value is -2.20. The minimum absolute atomic E-state index is 0.572. The fraction of sp³-hybridized carbons (Fsp3) is 0. The highest BCUT2D eigenvalue weighted by molar-refractivity contribution is 6.34. The van der Waals surface area contributed by atoms with Gasteiger partial charge in [0.2, 0.25) is 0 Å². The summed E-state index contributed by atoms with van der Waals surface area (Å²) in [5.41, 5.74) is 2.89. The molecule has 0 amide bonds. The second-order valence-corrected chi connectivity index (χ2v) is 4.22. The largest absolute Gasteiger partial charge is 0.298 e. The number of halogens is 1. The van der Waals surface area contributed by atoms with Crippen LogP contribution in [-0.4, -0.2) is 21.1 Å². The number of hydrogen-bond acceptors (Lipinski definition) is 3. The molecule has 5 heteroatoms. The van der Waals surface area contributed by atoms with Crippen LogP contribution in [0.4, 0.5) is 0 Å². The van der Waals surface area contributed by atoms with Crippen LogP contribution in [0.2, 0.25) is 5.02 Å². The van der Waals surface area contributed by atoms with Gasteiger partial charge in [0.25, 0.3) is 0 Å². The minimum atomic E-state index is 0.572. The van der Waals surface area contributed by atoms with Crippen LogP contribution in [0.5, 0.6) is 0 Å². The molecule has 3 rings (SSSR count). The van der Waals surface area contributed by atoms with Gasteiger partial charge in [-0.1, -0.05) is 11.6 Å². The van der Waals surface area contributed by atoms with Gasteiger partial charge in [0, 0.05) is 11.8 Å². The van der Waals surface area contributed by atoms with Crippen LogP contribution in [0.25, 0.3) is 16.7 Å². The average Bonchev–Trinajstić information content (AvgIpc) is 2.84. The molecule has 0 fully saturated rings. The Bertz CT molecular complexity index is 719. The Morgan fingerprint density at radius 2 is 1.94 bits per heavy atom. The Kier molecular flexibility index (Phi) is 2.57. The molecule has 88 valence electrons. The van der Waals surface area contributed by atoms with Gasteiger partial charge in [-0.25, -0.2) is 4.68 Å². The van der Waals surface area contributed by atoms with E-state index in [1.807, 2.05) is 12.1 Å². The lowest BCUT2D eigenvalue weighted by Gasteiger charge is -1.99. The fourth-order valence-corrected chi connectivity index (χ4v) is 1.92. The van der Waals surface area contributed by atoms with Crippen LogP contribution >= 0.6 is 11.6 Å². The summed E-state index contributed by atoms with van der Waals surface area (Å²) in [6, 6.07) is 8.83. The number of aldehydes is 1. The number of aromatic nitrogens is 3. The van der Waals surface area contributed by atoms with E-state index >= 15 is 0 Å². The number of nitrogens with zero attached hydrogens (tertiary/aromatic N) is 3. The lowest BCUT2D eigenvalue weighted by molar-refractivity contribution is 0.112. The van der Waals surface area contributed by atoms with E-state index < -0.39 is 0 Å². The minimum Gasteiger partial charge on any atom is -0.298 e. The molecule has 0 saturated heterocycles. The molecule has 0 aliphatic heterocycles. The topological polar surface area (TPSA) is 47.8 Å². The SMILES string of the molecule is O=Cc1ccc(-n2cc3nccc(Cl)c3n2)cc1. The molecule has 0 spiro atoms. The van der Waals surface area contributed by atoms with Crippen LogP contribution in [0.3, 0.4) is 0 Å². The second kappa shape index (κ2) is 4.23. The Balaban J connectivity index is 2.13. The van der Waals surface area contributed by atoms with Crippen LogP contribution < -0.4 is 0 Å². The number of fused-ring (bicyclic) bond motifs is 1. The fourth-order valence-electron chi connectivity index (χ4n) is 1.73. The average molecular weight is 258 g/mol. The van der Waals surface area contributed by atoms with Gasteiger partial charge in [-0.15, -0.1) is 0 Å². The first-order valence-corrected chi connectivity index (χ1v) is 5.71. The normalized spacial score (nSPS) is 10.7. The highest BCUT2D eigenvalue weighted by Gasteiger charge is 2.06. The zero-order valence-electron chi connectivity index (χ0n) is 9.25. The molecule has 0 saturated carbocycles. The predicted octanol–water partition coefficient (Wildman–Crippen LogP) is 2.89. The van der Waals surface area contributed by atoms with Crippen LogP contribution in [0.15, 0.2) is 42.7 Å². The predicted molar refractivity (Wildman–Crippen MR) is 69.3 cm³/mol. The van der Waals surface area contributed by atoms with Gasteiger partial charge in [0.05, 0.1) is 16.9 Å². The molecule has 0 N–H and O–H groups in total. The van der Waals surface area contributed by atoms with Gasteiger partial charge >= 0.3 is 0 Å². The van der Waals surface area contributed by atoms with Crippen molar-refractivity contribution in [3.05, 3.63) is 53.3 Å². The van der Waals surface area contributed by atoms with Gasteiger partial charge in [-0.3, -0.25) is 9.78 Å². The van der Waals surface area contributed by atoms with Crippen LogP contribution in [0.1, 0.15) is 10.4 Å². The summed E-state index contributed by atoms with van der Waals surface area (Å²) in [5.74, 6) is 0. The van der Waals surface area contributed by atoms with E-state index in [1.54, 1.807) is 35.3 Å². The smallest absolute Gasteiger partial charge is 0.150 e. The molecule has 0 aliphatic carbocycles. The summed E-state index contributed by atoms with van der Waals surface area (Å²) in [7, 11) is 0. The molecule has 2 aromatic heterocycles. The third-order valence-electron chi connectivity index (χ3n) is 2.65. The first-order chi connectivity index (χ1) is 8.78. The summed E-state index contributed by atoms with van der Waals surface area (Å²) < 4.78 is 1.69. The number of pyridine rings is 1. The molecular formula is C13H8ClN3O. The Morgan fingerprint density at radius 1 is 1.17 bits per heavy atom. The highest BCUT2D eigenvalue weighted by Crippen LogP contribution is 2.21. The molecule has 0 bridgehead atoms. The number of benzene rings is 1. The lowest BCUT2D eigenvalue weighted by atomic mass is 10.2.